The van der Waals surface area contributed by atoms with E-state index in [0.29, 0.717) is 10.6 Å². The van der Waals surface area contributed by atoms with Gasteiger partial charge >= 0.3 is 0 Å². The molecule has 2 atom stereocenters. The van der Waals surface area contributed by atoms with E-state index < -0.39 is 0 Å². The first-order valence-electron chi connectivity index (χ1n) is 8.54. The fourth-order valence-corrected chi connectivity index (χ4v) is 4.28. The summed E-state index contributed by atoms with van der Waals surface area (Å²) in [6.07, 6.45) is 5.51. The Morgan fingerprint density at radius 3 is 2.64 bits per heavy atom. The quantitative estimate of drug-likeness (QED) is 0.888. The lowest BCUT2D eigenvalue weighted by atomic mass is 9.84. The average Bonchev–Trinajstić information content (AvgIpc) is 2.55. The van der Waals surface area contributed by atoms with Gasteiger partial charge < -0.3 is 9.80 Å². The van der Waals surface area contributed by atoms with Gasteiger partial charge in [-0.3, -0.25) is 4.79 Å². The Balaban J connectivity index is 1.58. The predicted octanol–water partition coefficient (Wildman–Crippen LogP) is 2.26. The molecule has 2 aliphatic rings. The first kappa shape index (κ1) is 15.8. The molecule has 0 unspecified atom stereocenters. The van der Waals surface area contributed by atoms with Gasteiger partial charge in [-0.2, -0.15) is 0 Å². The lowest BCUT2D eigenvalue weighted by molar-refractivity contribution is -0.934. The van der Waals surface area contributed by atoms with Crippen molar-refractivity contribution < 1.29 is 9.69 Å². The van der Waals surface area contributed by atoms with Crippen molar-refractivity contribution >= 4 is 17.5 Å². The summed E-state index contributed by atoms with van der Waals surface area (Å²) < 4.78 is 0. The van der Waals surface area contributed by atoms with Gasteiger partial charge in [0.05, 0.1) is 32.2 Å². The van der Waals surface area contributed by atoms with E-state index in [4.69, 9.17) is 11.6 Å². The molecule has 120 valence electrons. The highest BCUT2D eigenvalue weighted by molar-refractivity contribution is 6.30. The van der Waals surface area contributed by atoms with Crippen molar-refractivity contribution in [3.8, 4) is 0 Å². The minimum Gasteiger partial charge on any atom is -0.329 e. The Bertz CT molecular complexity index is 526. The fourth-order valence-electron chi connectivity index (χ4n) is 4.09. The smallest absolute Gasteiger partial charge is 0.254 e. The highest BCUT2D eigenvalue weighted by Crippen LogP contribution is 2.22. The molecular formula is C18H26ClN2O+. The Hall–Kier alpha value is -1.06. The second-order valence-corrected chi connectivity index (χ2v) is 7.27. The third kappa shape index (κ3) is 3.47. The van der Waals surface area contributed by atoms with Gasteiger partial charge in [0.15, 0.2) is 0 Å². The van der Waals surface area contributed by atoms with Crippen LogP contribution in [0.5, 0.6) is 0 Å². The van der Waals surface area contributed by atoms with E-state index in [-0.39, 0.29) is 5.91 Å². The van der Waals surface area contributed by atoms with Crippen LogP contribution in [0.4, 0.5) is 0 Å². The largest absolute Gasteiger partial charge is 0.329 e. The summed E-state index contributed by atoms with van der Waals surface area (Å²) in [4.78, 5) is 16.3. The Morgan fingerprint density at radius 2 is 1.95 bits per heavy atom. The minimum atomic E-state index is 0.123. The van der Waals surface area contributed by atoms with Gasteiger partial charge in [-0.25, -0.2) is 0 Å². The number of rotatable bonds is 2. The minimum absolute atomic E-state index is 0.123. The molecular weight excluding hydrogens is 296 g/mol. The van der Waals surface area contributed by atoms with Crippen molar-refractivity contribution in [2.45, 2.75) is 38.6 Å². The lowest BCUT2D eigenvalue weighted by Crippen LogP contribution is -3.19. The summed E-state index contributed by atoms with van der Waals surface area (Å²) in [6.45, 7) is 6.30. The molecule has 3 rings (SSSR count). The van der Waals surface area contributed by atoms with Gasteiger partial charge in [-0.05, 0) is 37.5 Å². The number of halogens is 1. The zero-order valence-electron chi connectivity index (χ0n) is 13.4. The van der Waals surface area contributed by atoms with Crippen LogP contribution in [0.15, 0.2) is 24.3 Å². The van der Waals surface area contributed by atoms with Crippen molar-refractivity contribution in [3.05, 3.63) is 34.9 Å². The van der Waals surface area contributed by atoms with Gasteiger partial charge in [0, 0.05) is 16.5 Å². The third-order valence-electron chi connectivity index (χ3n) is 5.40. The standard InChI is InChI=1S/C18H25ClN2O/c1-14-5-2-3-8-17(14)20-9-11-21(12-10-20)18(22)15-6-4-7-16(19)13-15/h4,6-7,13-14,17H,2-3,5,8-12H2,1H3/p+1/t14-,17-/m0/s1. The van der Waals surface area contributed by atoms with Crippen molar-refractivity contribution in [2.75, 3.05) is 26.2 Å². The van der Waals surface area contributed by atoms with E-state index in [1.807, 2.05) is 23.1 Å². The van der Waals surface area contributed by atoms with Gasteiger partial charge in [-0.15, -0.1) is 0 Å². The van der Waals surface area contributed by atoms with Gasteiger partial charge in [0.25, 0.3) is 5.91 Å². The Labute approximate surface area is 138 Å². The maximum Gasteiger partial charge on any atom is 0.254 e. The number of nitrogens with one attached hydrogen (secondary N) is 1. The van der Waals surface area contributed by atoms with Crippen molar-refractivity contribution in [1.82, 2.24) is 4.90 Å². The van der Waals surface area contributed by atoms with Crippen LogP contribution in [0.25, 0.3) is 0 Å². The number of hydrogen-bond donors (Lipinski definition) is 1. The summed E-state index contributed by atoms with van der Waals surface area (Å²) in [5.74, 6) is 0.956. The molecule has 0 bridgehead atoms. The first-order valence-corrected chi connectivity index (χ1v) is 8.92. The number of carbonyl (C=O) groups excluding carboxylic acids is 1. The normalized spacial score (nSPS) is 26.9. The van der Waals surface area contributed by atoms with Crippen LogP contribution in [0, 0.1) is 5.92 Å². The third-order valence-corrected chi connectivity index (χ3v) is 5.64. The SMILES string of the molecule is C[C@H]1CCCC[C@@H]1[NH+]1CCN(C(=O)c2cccc(Cl)c2)CC1. The van der Waals surface area contributed by atoms with Gasteiger partial charge in [-0.1, -0.05) is 31.0 Å². The number of carbonyl (C=O) groups is 1. The van der Waals surface area contributed by atoms with E-state index in [1.165, 1.54) is 25.7 Å². The predicted molar refractivity (Wildman–Crippen MR) is 89.5 cm³/mol. The zero-order chi connectivity index (χ0) is 15.5. The molecule has 1 saturated carbocycles. The number of amides is 1. The van der Waals surface area contributed by atoms with Crippen LogP contribution >= 0.6 is 11.6 Å². The molecule has 1 aromatic rings. The monoisotopic (exact) mass is 321 g/mol. The summed E-state index contributed by atoms with van der Waals surface area (Å²) in [6, 6.07) is 8.09. The molecule has 4 heteroatoms. The van der Waals surface area contributed by atoms with Crippen LogP contribution in [0.3, 0.4) is 0 Å². The van der Waals surface area contributed by atoms with Crippen LogP contribution in [0.1, 0.15) is 43.0 Å². The molecule has 1 aliphatic carbocycles. The van der Waals surface area contributed by atoms with E-state index in [9.17, 15) is 4.79 Å². The van der Waals surface area contributed by atoms with Gasteiger partial charge in [0.1, 0.15) is 0 Å². The van der Waals surface area contributed by atoms with E-state index in [0.717, 1.165) is 38.1 Å². The zero-order valence-corrected chi connectivity index (χ0v) is 14.1. The Morgan fingerprint density at radius 1 is 1.23 bits per heavy atom. The van der Waals surface area contributed by atoms with Crippen LogP contribution in [-0.4, -0.2) is 43.0 Å². The first-order chi connectivity index (χ1) is 10.6. The maximum atomic E-state index is 12.6. The van der Waals surface area contributed by atoms with Crippen molar-refractivity contribution in [1.29, 1.82) is 0 Å². The molecule has 1 amide bonds. The Kier molecular flexibility index (Phi) is 5.04. The number of nitrogens with zero attached hydrogens (tertiary/aromatic N) is 1. The molecule has 0 aromatic heterocycles. The maximum absolute atomic E-state index is 12.6. The molecule has 1 saturated heterocycles. The lowest BCUT2D eigenvalue weighted by Gasteiger charge is -2.40. The van der Waals surface area contributed by atoms with E-state index in [1.54, 1.807) is 11.0 Å². The number of hydrogen-bond acceptors (Lipinski definition) is 1. The second-order valence-electron chi connectivity index (χ2n) is 6.83. The van der Waals surface area contributed by atoms with Crippen LogP contribution < -0.4 is 4.90 Å². The molecule has 22 heavy (non-hydrogen) atoms. The topological polar surface area (TPSA) is 24.8 Å². The molecule has 0 spiro atoms. The summed E-state index contributed by atoms with van der Waals surface area (Å²) in [5, 5.41) is 0.631. The molecule has 1 heterocycles. The van der Waals surface area contributed by atoms with Crippen LogP contribution in [0.2, 0.25) is 5.02 Å². The van der Waals surface area contributed by atoms with Crippen LogP contribution in [-0.2, 0) is 0 Å². The molecule has 1 aliphatic heterocycles. The van der Waals surface area contributed by atoms with E-state index in [2.05, 4.69) is 6.92 Å². The number of benzene rings is 1. The number of quaternary nitrogens is 1. The molecule has 1 aromatic carbocycles. The number of piperazine rings is 1. The van der Waals surface area contributed by atoms with Gasteiger partial charge in [0.2, 0.25) is 0 Å². The van der Waals surface area contributed by atoms with Crippen molar-refractivity contribution in [2.24, 2.45) is 5.92 Å². The van der Waals surface area contributed by atoms with E-state index >= 15 is 0 Å². The summed E-state index contributed by atoms with van der Waals surface area (Å²) >= 11 is 5.99. The fraction of sp³-hybridized carbons (Fsp3) is 0.611. The van der Waals surface area contributed by atoms with Crippen molar-refractivity contribution in [3.63, 3.8) is 0 Å². The highest BCUT2D eigenvalue weighted by Gasteiger charge is 2.34. The molecule has 1 N–H and O–H groups in total. The second kappa shape index (κ2) is 7.01. The summed E-state index contributed by atoms with van der Waals surface area (Å²) in [5.41, 5.74) is 0.710. The highest BCUT2D eigenvalue weighted by atomic mass is 35.5. The average molecular weight is 322 g/mol. The molecule has 0 radical (unpaired) electrons. The molecule has 3 nitrogen and oxygen atoms in total. The molecule has 2 fully saturated rings. The summed E-state index contributed by atoms with van der Waals surface area (Å²) in [7, 11) is 0.